The molecule has 2 unspecified atom stereocenters. The Balaban J connectivity index is 1.40. The van der Waals surface area contributed by atoms with Gasteiger partial charge in [-0.1, -0.05) is 35.9 Å². The summed E-state index contributed by atoms with van der Waals surface area (Å²) >= 11 is 0. The molecule has 176 valence electrons. The maximum absolute atomic E-state index is 13.6. The van der Waals surface area contributed by atoms with Crippen LogP contribution in [0, 0.1) is 12.8 Å². The third-order valence-electron chi connectivity index (χ3n) is 7.13. The van der Waals surface area contributed by atoms with Crippen molar-refractivity contribution >= 4 is 35.1 Å². The van der Waals surface area contributed by atoms with Crippen LogP contribution in [0.3, 0.4) is 0 Å². The highest BCUT2D eigenvalue weighted by Gasteiger charge is 2.56. The van der Waals surface area contributed by atoms with Crippen molar-refractivity contribution in [3.05, 3.63) is 59.7 Å². The number of carbonyl (C=O) groups is 4. The number of fused-ring (bicyclic) bond motifs is 1. The number of carbonyl (C=O) groups excluding carboxylic acids is 4. The van der Waals surface area contributed by atoms with Crippen molar-refractivity contribution in [2.24, 2.45) is 5.92 Å². The first-order chi connectivity index (χ1) is 16.3. The Labute approximate surface area is 198 Å². The molecule has 0 radical (unpaired) electrons. The fraction of sp³-hybridized carbons (Fsp3) is 0.385. The SMILES string of the molecule is Cc1ccc(NC(=O)C2CCc3ccccc3N2C(=O)CN2C(=O)NC(C)(C3CC3)C2=O)cc1. The zero-order chi connectivity index (χ0) is 24.0. The van der Waals surface area contributed by atoms with Crippen LogP contribution in [0.1, 0.15) is 37.3 Å². The van der Waals surface area contributed by atoms with Gasteiger partial charge in [0, 0.05) is 11.4 Å². The van der Waals surface area contributed by atoms with Crippen molar-refractivity contribution in [3.63, 3.8) is 0 Å². The number of amides is 5. The molecule has 2 aromatic rings. The van der Waals surface area contributed by atoms with Gasteiger partial charge in [-0.2, -0.15) is 0 Å². The summed E-state index contributed by atoms with van der Waals surface area (Å²) in [6.07, 6.45) is 2.85. The fourth-order valence-electron chi connectivity index (χ4n) is 4.97. The van der Waals surface area contributed by atoms with E-state index in [9.17, 15) is 19.2 Å². The normalized spacial score (nSPS) is 24.0. The first-order valence-electron chi connectivity index (χ1n) is 11.7. The second kappa shape index (κ2) is 8.27. The molecule has 2 atom stereocenters. The zero-order valence-electron chi connectivity index (χ0n) is 19.3. The third-order valence-corrected chi connectivity index (χ3v) is 7.13. The van der Waals surface area contributed by atoms with Gasteiger partial charge in [0.05, 0.1) is 0 Å². The highest BCUT2D eigenvalue weighted by Crippen LogP contribution is 2.42. The van der Waals surface area contributed by atoms with Gasteiger partial charge < -0.3 is 10.6 Å². The summed E-state index contributed by atoms with van der Waals surface area (Å²) in [6.45, 7) is 3.28. The van der Waals surface area contributed by atoms with Crippen LogP contribution in [0.25, 0.3) is 0 Å². The van der Waals surface area contributed by atoms with E-state index in [0.29, 0.717) is 24.2 Å². The maximum atomic E-state index is 13.6. The first kappa shape index (κ1) is 22.1. The Kier molecular flexibility index (Phi) is 5.38. The molecule has 8 nitrogen and oxygen atoms in total. The van der Waals surface area contributed by atoms with E-state index >= 15 is 0 Å². The number of hydrogen-bond donors (Lipinski definition) is 2. The molecule has 1 saturated carbocycles. The molecule has 5 amide bonds. The van der Waals surface area contributed by atoms with Crippen LogP contribution < -0.4 is 15.5 Å². The van der Waals surface area contributed by atoms with Crippen LogP contribution in [-0.4, -0.2) is 46.8 Å². The number of para-hydroxylation sites is 1. The van der Waals surface area contributed by atoms with Crippen molar-refractivity contribution in [2.45, 2.75) is 51.1 Å². The van der Waals surface area contributed by atoms with Crippen LogP contribution in [0.2, 0.25) is 0 Å². The second-order valence-electron chi connectivity index (χ2n) is 9.60. The molecule has 2 fully saturated rings. The van der Waals surface area contributed by atoms with E-state index in [4.69, 9.17) is 0 Å². The predicted molar refractivity (Wildman–Crippen MR) is 127 cm³/mol. The lowest BCUT2D eigenvalue weighted by molar-refractivity contribution is -0.134. The van der Waals surface area contributed by atoms with Crippen molar-refractivity contribution in [1.29, 1.82) is 0 Å². The number of nitrogens with one attached hydrogen (secondary N) is 2. The summed E-state index contributed by atoms with van der Waals surface area (Å²) < 4.78 is 0. The van der Waals surface area contributed by atoms with Gasteiger partial charge in [-0.25, -0.2) is 4.79 Å². The summed E-state index contributed by atoms with van der Waals surface area (Å²) in [5.74, 6) is -1.03. The smallest absolute Gasteiger partial charge is 0.324 e. The minimum absolute atomic E-state index is 0.104. The van der Waals surface area contributed by atoms with Gasteiger partial charge in [0.15, 0.2) is 0 Å². The van der Waals surface area contributed by atoms with E-state index in [2.05, 4.69) is 10.6 Å². The number of rotatable bonds is 5. The number of anilines is 2. The van der Waals surface area contributed by atoms with E-state index < -0.39 is 30.1 Å². The molecule has 3 aliphatic rings. The van der Waals surface area contributed by atoms with Crippen molar-refractivity contribution in [3.8, 4) is 0 Å². The lowest BCUT2D eigenvalue weighted by Gasteiger charge is -2.37. The minimum Gasteiger partial charge on any atom is -0.324 e. The third kappa shape index (κ3) is 3.83. The first-order valence-corrected chi connectivity index (χ1v) is 11.7. The molecule has 0 spiro atoms. The van der Waals surface area contributed by atoms with Crippen LogP contribution in [0.15, 0.2) is 48.5 Å². The Bertz CT molecular complexity index is 1170. The number of aryl methyl sites for hydroxylation is 2. The monoisotopic (exact) mass is 460 g/mol. The summed E-state index contributed by atoms with van der Waals surface area (Å²) in [5.41, 5.74) is 2.36. The van der Waals surface area contributed by atoms with Crippen LogP contribution in [-0.2, 0) is 20.8 Å². The highest BCUT2D eigenvalue weighted by molar-refractivity contribution is 6.12. The average molecular weight is 461 g/mol. The summed E-state index contributed by atoms with van der Waals surface area (Å²) in [7, 11) is 0. The van der Waals surface area contributed by atoms with E-state index in [0.717, 1.165) is 28.9 Å². The molecule has 0 bridgehead atoms. The molecule has 2 aromatic carbocycles. The van der Waals surface area contributed by atoms with E-state index in [1.54, 1.807) is 13.0 Å². The van der Waals surface area contributed by atoms with E-state index in [-0.39, 0.29) is 17.7 Å². The van der Waals surface area contributed by atoms with Gasteiger partial charge in [-0.05, 0) is 69.2 Å². The standard InChI is InChI=1S/C26H28N4O4/c1-16-7-12-19(13-8-16)27-23(32)21-14-9-17-5-3-4-6-20(17)30(21)22(31)15-29-24(33)26(2,18-10-11-18)28-25(29)34/h3-8,12-13,18,21H,9-11,14-15H2,1-2H3,(H,27,32)(H,28,34). The van der Waals surface area contributed by atoms with Gasteiger partial charge in [0.25, 0.3) is 5.91 Å². The van der Waals surface area contributed by atoms with Crippen LogP contribution >= 0.6 is 0 Å². The molecule has 2 heterocycles. The highest BCUT2D eigenvalue weighted by atomic mass is 16.2. The van der Waals surface area contributed by atoms with Gasteiger partial charge >= 0.3 is 6.03 Å². The molecule has 8 heteroatoms. The Morgan fingerprint density at radius 3 is 2.47 bits per heavy atom. The van der Waals surface area contributed by atoms with Crippen molar-refractivity contribution in [1.82, 2.24) is 10.2 Å². The molecule has 1 aliphatic carbocycles. The van der Waals surface area contributed by atoms with E-state index in [1.807, 2.05) is 49.4 Å². The van der Waals surface area contributed by atoms with Gasteiger partial charge in [0.2, 0.25) is 11.8 Å². The maximum Gasteiger partial charge on any atom is 0.325 e. The quantitative estimate of drug-likeness (QED) is 0.670. The minimum atomic E-state index is -0.959. The molecule has 5 rings (SSSR count). The summed E-state index contributed by atoms with van der Waals surface area (Å²) in [6, 6.07) is 13.6. The van der Waals surface area contributed by atoms with Crippen molar-refractivity contribution in [2.75, 3.05) is 16.8 Å². The topological polar surface area (TPSA) is 98.8 Å². The Morgan fingerprint density at radius 2 is 1.76 bits per heavy atom. The predicted octanol–water partition coefficient (Wildman–Crippen LogP) is 3.00. The van der Waals surface area contributed by atoms with Crippen LogP contribution in [0.5, 0.6) is 0 Å². The average Bonchev–Trinajstić information content (AvgIpc) is 3.65. The largest absolute Gasteiger partial charge is 0.325 e. The molecule has 0 aromatic heterocycles. The zero-order valence-corrected chi connectivity index (χ0v) is 19.3. The number of benzene rings is 2. The molecule has 34 heavy (non-hydrogen) atoms. The molecular formula is C26H28N4O4. The number of hydrogen-bond acceptors (Lipinski definition) is 4. The molecule has 1 saturated heterocycles. The summed E-state index contributed by atoms with van der Waals surface area (Å²) in [4.78, 5) is 55.0. The van der Waals surface area contributed by atoms with Gasteiger partial charge in [0.1, 0.15) is 18.1 Å². The molecule has 2 N–H and O–H groups in total. The number of imide groups is 1. The molecular weight excluding hydrogens is 432 g/mol. The molecule has 2 aliphatic heterocycles. The number of nitrogens with zero attached hydrogens (tertiary/aromatic N) is 2. The van der Waals surface area contributed by atoms with Crippen LogP contribution in [0.4, 0.5) is 16.2 Å². The van der Waals surface area contributed by atoms with Crippen molar-refractivity contribution < 1.29 is 19.2 Å². The number of urea groups is 1. The Hall–Kier alpha value is -3.68. The Morgan fingerprint density at radius 1 is 1.06 bits per heavy atom. The van der Waals surface area contributed by atoms with Gasteiger partial charge in [-0.3, -0.25) is 24.2 Å². The second-order valence-corrected chi connectivity index (χ2v) is 9.60. The summed E-state index contributed by atoms with van der Waals surface area (Å²) in [5, 5.41) is 5.69. The fourth-order valence-corrected chi connectivity index (χ4v) is 4.97. The lowest BCUT2D eigenvalue weighted by Crippen LogP contribution is -2.54. The van der Waals surface area contributed by atoms with E-state index in [1.165, 1.54) is 4.90 Å². The van der Waals surface area contributed by atoms with Gasteiger partial charge in [-0.15, -0.1) is 0 Å². The lowest BCUT2D eigenvalue weighted by atomic mass is 9.94.